The molecule has 3 aromatic rings. The average Bonchev–Trinajstić information content (AvgIpc) is 2.84. The zero-order valence-electron chi connectivity index (χ0n) is 18.8. The molecule has 0 saturated carbocycles. The number of hydrogen-bond acceptors (Lipinski definition) is 6. The van der Waals surface area contributed by atoms with E-state index in [4.69, 9.17) is 9.72 Å². The summed E-state index contributed by atoms with van der Waals surface area (Å²) >= 11 is 0. The number of carbonyl (C=O) groups is 1. The number of methoxy groups -OCH3 is 1. The van der Waals surface area contributed by atoms with Crippen LogP contribution in [0.3, 0.4) is 0 Å². The third-order valence-corrected chi connectivity index (χ3v) is 5.94. The molecule has 1 N–H and O–H groups in total. The number of likely N-dealkylation sites (tertiary alicyclic amines) is 1. The lowest BCUT2D eigenvalue weighted by Crippen LogP contribution is -2.44. The number of amides is 1. The normalized spacial score (nSPS) is 14.7. The predicted octanol–water partition coefficient (Wildman–Crippen LogP) is 4.06. The zero-order valence-corrected chi connectivity index (χ0v) is 18.8. The number of nitrogens with zero attached hydrogens (tertiary/aromatic N) is 4. The second kappa shape index (κ2) is 9.78. The molecule has 1 saturated heterocycles. The minimum Gasteiger partial charge on any atom is -0.497 e. The number of anilines is 2. The first-order chi connectivity index (χ1) is 15.5. The fraction of sp³-hybridized carbons (Fsp3) is 0.320. The molecule has 1 amide bonds. The summed E-state index contributed by atoms with van der Waals surface area (Å²) in [5, 5.41) is 3.32. The molecule has 32 heavy (non-hydrogen) atoms. The van der Waals surface area contributed by atoms with E-state index in [-0.39, 0.29) is 11.9 Å². The summed E-state index contributed by atoms with van der Waals surface area (Å²) in [4.78, 5) is 26.9. The van der Waals surface area contributed by atoms with E-state index >= 15 is 0 Å². The number of rotatable bonds is 6. The van der Waals surface area contributed by atoms with Gasteiger partial charge in [-0.25, -0.2) is 9.97 Å². The second-order valence-electron chi connectivity index (χ2n) is 8.13. The summed E-state index contributed by atoms with van der Waals surface area (Å²) in [7, 11) is 5.62. The first-order valence-corrected chi connectivity index (χ1v) is 10.8. The Morgan fingerprint density at radius 2 is 1.88 bits per heavy atom. The van der Waals surface area contributed by atoms with E-state index in [2.05, 4.69) is 22.2 Å². The molecule has 2 aromatic carbocycles. The summed E-state index contributed by atoms with van der Waals surface area (Å²) in [6.07, 6.45) is 3.55. The van der Waals surface area contributed by atoms with Crippen LogP contribution in [-0.4, -0.2) is 66.0 Å². The first kappa shape index (κ1) is 21.8. The Labute approximate surface area is 189 Å². The van der Waals surface area contributed by atoms with E-state index in [0.717, 1.165) is 42.9 Å². The van der Waals surface area contributed by atoms with Crippen LogP contribution in [0, 0.1) is 0 Å². The molecule has 2 heterocycles. The van der Waals surface area contributed by atoms with E-state index < -0.39 is 0 Å². The van der Waals surface area contributed by atoms with Crippen LogP contribution in [0.2, 0.25) is 0 Å². The van der Waals surface area contributed by atoms with Gasteiger partial charge in [-0.15, -0.1) is 0 Å². The molecule has 0 aliphatic carbocycles. The number of aromatic nitrogens is 2. The minimum atomic E-state index is -0.0791. The van der Waals surface area contributed by atoms with Crippen molar-refractivity contribution in [1.29, 1.82) is 0 Å². The maximum absolute atomic E-state index is 13.5. The van der Waals surface area contributed by atoms with Crippen LogP contribution in [0.4, 0.5) is 11.5 Å². The number of benzene rings is 2. The maximum atomic E-state index is 13.5. The van der Waals surface area contributed by atoms with Gasteiger partial charge in [0.1, 0.15) is 17.1 Å². The molecular weight excluding hydrogens is 402 g/mol. The lowest BCUT2D eigenvalue weighted by atomic mass is 10.0. The Hall–Kier alpha value is -3.45. The minimum absolute atomic E-state index is 0.0791. The van der Waals surface area contributed by atoms with Gasteiger partial charge < -0.3 is 19.9 Å². The smallest absolute Gasteiger partial charge is 0.259 e. The van der Waals surface area contributed by atoms with Crippen molar-refractivity contribution in [3.8, 4) is 17.1 Å². The van der Waals surface area contributed by atoms with E-state index in [9.17, 15) is 4.79 Å². The quantitative estimate of drug-likeness (QED) is 0.635. The highest BCUT2D eigenvalue weighted by Crippen LogP contribution is 2.26. The Morgan fingerprint density at radius 1 is 1.12 bits per heavy atom. The van der Waals surface area contributed by atoms with Gasteiger partial charge in [-0.2, -0.15) is 0 Å². The molecule has 1 fully saturated rings. The molecule has 0 radical (unpaired) electrons. The van der Waals surface area contributed by atoms with Gasteiger partial charge in [0.2, 0.25) is 0 Å². The number of carbonyl (C=O) groups excluding carboxylic acids is 1. The Balaban J connectivity index is 1.67. The van der Waals surface area contributed by atoms with Crippen molar-refractivity contribution in [2.75, 3.05) is 39.6 Å². The van der Waals surface area contributed by atoms with Crippen molar-refractivity contribution in [1.82, 2.24) is 19.8 Å². The molecule has 166 valence electrons. The molecule has 7 nitrogen and oxygen atoms in total. The largest absolute Gasteiger partial charge is 0.497 e. The number of piperidine rings is 1. The topological polar surface area (TPSA) is 70.6 Å². The van der Waals surface area contributed by atoms with Crippen LogP contribution in [0.5, 0.6) is 5.75 Å². The van der Waals surface area contributed by atoms with Gasteiger partial charge in [-0.3, -0.25) is 4.79 Å². The van der Waals surface area contributed by atoms with Gasteiger partial charge in [0, 0.05) is 36.6 Å². The third kappa shape index (κ3) is 4.89. The van der Waals surface area contributed by atoms with Crippen molar-refractivity contribution in [3.05, 3.63) is 66.4 Å². The molecule has 7 heteroatoms. The van der Waals surface area contributed by atoms with E-state index in [1.54, 1.807) is 13.3 Å². The average molecular weight is 432 g/mol. The van der Waals surface area contributed by atoms with Crippen molar-refractivity contribution in [3.63, 3.8) is 0 Å². The van der Waals surface area contributed by atoms with Crippen molar-refractivity contribution >= 4 is 17.4 Å². The van der Waals surface area contributed by atoms with Gasteiger partial charge in [-0.1, -0.05) is 36.4 Å². The molecule has 1 aliphatic heterocycles. The fourth-order valence-electron chi connectivity index (χ4n) is 3.94. The van der Waals surface area contributed by atoms with Crippen LogP contribution in [0.1, 0.15) is 23.2 Å². The van der Waals surface area contributed by atoms with Crippen LogP contribution in [-0.2, 0) is 0 Å². The van der Waals surface area contributed by atoms with Gasteiger partial charge >= 0.3 is 0 Å². The lowest BCUT2D eigenvalue weighted by Gasteiger charge is -2.35. The van der Waals surface area contributed by atoms with Gasteiger partial charge in [0.05, 0.1) is 7.11 Å². The molecule has 1 aromatic heterocycles. The van der Waals surface area contributed by atoms with Crippen molar-refractivity contribution in [2.45, 2.75) is 18.9 Å². The molecule has 4 rings (SSSR count). The highest BCUT2D eigenvalue weighted by molar-refractivity contribution is 5.99. The van der Waals surface area contributed by atoms with Gasteiger partial charge in [-0.05, 0) is 45.1 Å². The van der Waals surface area contributed by atoms with Crippen LogP contribution in [0.15, 0.2) is 60.8 Å². The second-order valence-corrected chi connectivity index (χ2v) is 8.13. The fourth-order valence-corrected chi connectivity index (χ4v) is 3.94. The van der Waals surface area contributed by atoms with Crippen LogP contribution >= 0.6 is 0 Å². The summed E-state index contributed by atoms with van der Waals surface area (Å²) in [6.45, 7) is 1.97. The third-order valence-electron chi connectivity index (χ3n) is 5.94. The van der Waals surface area contributed by atoms with Crippen LogP contribution in [0.25, 0.3) is 11.4 Å². The Morgan fingerprint density at radius 3 is 2.59 bits per heavy atom. The number of nitrogens with one attached hydrogen (secondary N) is 1. The SMILES string of the molecule is COc1cccc(Nc2nc(-c3ccccc3)ncc2C(=O)N(C)C2CCN(C)CC2)c1. The van der Waals surface area contributed by atoms with Crippen molar-refractivity contribution < 1.29 is 9.53 Å². The van der Waals surface area contributed by atoms with Gasteiger partial charge in [0.15, 0.2) is 5.82 Å². The highest BCUT2D eigenvalue weighted by atomic mass is 16.5. The Bertz CT molecular complexity index is 1060. The molecule has 0 atom stereocenters. The van der Waals surface area contributed by atoms with E-state index in [1.165, 1.54) is 0 Å². The first-order valence-electron chi connectivity index (χ1n) is 10.8. The summed E-state index contributed by atoms with van der Waals surface area (Å²) in [6, 6.07) is 17.5. The van der Waals surface area contributed by atoms with E-state index in [1.807, 2.05) is 66.5 Å². The molecule has 0 spiro atoms. The van der Waals surface area contributed by atoms with Crippen molar-refractivity contribution in [2.24, 2.45) is 0 Å². The monoisotopic (exact) mass is 431 g/mol. The lowest BCUT2D eigenvalue weighted by molar-refractivity contribution is 0.0660. The predicted molar refractivity (Wildman–Crippen MR) is 126 cm³/mol. The van der Waals surface area contributed by atoms with E-state index in [0.29, 0.717) is 17.2 Å². The molecule has 0 unspecified atom stereocenters. The summed E-state index contributed by atoms with van der Waals surface area (Å²) < 4.78 is 5.34. The van der Waals surface area contributed by atoms with Gasteiger partial charge in [0.25, 0.3) is 5.91 Å². The number of ether oxygens (including phenoxy) is 1. The molecule has 0 bridgehead atoms. The highest BCUT2D eigenvalue weighted by Gasteiger charge is 2.27. The standard InChI is InChI=1S/C25H29N5O2/c1-29-14-12-20(13-15-29)30(2)25(31)22-17-26-23(18-8-5-4-6-9-18)28-24(22)27-19-10-7-11-21(16-19)32-3/h4-11,16-17,20H,12-15H2,1-3H3,(H,26,27,28). The summed E-state index contributed by atoms with van der Waals surface area (Å²) in [5.41, 5.74) is 2.14. The maximum Gasteiger partial charge on any atom is 0.259 e. The Kier molecular flexibility index (Phi) is 6.66. The molecular formula is C25H29N5O2. The van der Waals surface area contributed by atoms with Crippen LogP contribution < -0.4 is 10.1 Å². The summed E-state index contributed by atoms with van der Waals surface area (Å²) in [5.74, 6) is 1.69. The number of hydrogen-bond donors (Lipinski definition) is 1. The molecule has 1 aliphatic rings. The zero-order chi connectivity index (χ0) is 22.5.